The zero-order chi connectivity index (χ0) is 21.8. The lowest BCUT2D eigenvalue weighted by Gasteiger charge is -2.10. The van der Waals surface area contributed by atoms with Crippen LogP contribution in [0.4, 0.5) is 5.95 Å². The number of hydrogen-bond acceptors (Lipinski definition) is 8. The number of para-hydroxylation sites is 1. The van der Waals surface area contributed by atoms with Crippen molar-refractivity contribution in [2.45, 2.75) is 16.5 Å². The molecule has 2 aromatic carbocycles. The maximum absolute atomic E-state index is 8.86. The second-order valence-corrected chi connectivity index (χ2v) is 7.86. The molecule has 0 bridgehead atoms. The zero-order valence-corrected chi connectivity index (χ0v) is 17.6. The van der Waals surface area contributed by atoms with Gasteiger partial charge in [0, 0.05) is 28.2 Å². The molecule has 8 nitrogen and oxygen atoms in total. The summed E-state index contributed by atoms with van der Waals surface area (Å²) in [4.78, 5) is 20.6. The summed E-state index contributed by atoms with van der Waals surface area (Å²) in [5.41, 5.74) is 5.83. The van der Waals surface area contributed by atoms with Gasteiger partial charge in [0.05, 0.1) is 24.2 Å². The average Bonchev–Trinajstić information content (AvgIpc) is 3.24. The fourth-order valence-electron chi connectivity index (χ4n) is 3.10. The van der Waals surface area contributed by atoms with Crippen molar-refractivity contribution in [2.24, 2.45) is 0 Å². The molecule has 0 aliphatic heterocycles. The first-order valence-corrected chi connectivity index (χ1v) is 10.6. The summed E-state index contributed by atoms with van der Waals surface area (Å²) in [6, 6.07) is 21.6. The van der Waals surface area contributed by atoms with E-state index >= 15 is 0 Å². The Hall–Kier alpha value is -4.29. The van der Waals surface area contributed by atoms with Crippen LogP contribution in [0.25, 0.3) is 22.3 Å². The number of nitriles is 1. The van der Waals surface area contributed by atoms with Crippen molar-refractivity contribution in [3.8, 4) is 17.5 Å². The monoisotopic (exact) mass is 436 g/mol. The van der Waals surface area contributed by atoms with Gasteiger partial charge in [0.2, 0.25) is 5.95 Å². The molecular formula is C23H16N8S. The van der Waals surface area contributed by atoms with E-state index in [2.05, 4.69) is 36.5 Å². The van der Waals surface area contributed by atoms with Gasteiger partial charge in [0.1, 0.15) is 0 Å². The van der Waals surface area contributed by atoms with Crippen LogP contribution in [0.5, 0.6) is 0 Å². The second kappa shape index (κ2) is 8.83. The van der Waals surface area contributed by atoms with Crippen molar-refractivity contribution in [1.82, 2.24) is 29.8 Å². The molecule has 0 fully saturated rings. The van der Waals surface area contributed by atoms with E-state index in [0.29, 0.717) is 23.4 Å². The first kappa shape index (κ1) is 19.7. The van der Waals surface area contributed by atoms with Crippen molar-refractivity contribution in [3.05, 3.63) is 84.8 Å². The Morgan fingerprint density at radius 1 is 0.938 bits per heavy atom. The van der Waals surface area contributed by atoms with Crippen LogP contribution in [0.15, 0.2) is 89.3 Å². The van der Waals surface area contributed by atoms with Crippen LogP contribution in [0, 0.1) is 11.3 Å². The van der Waals surface area contributed by atoms with E-state index in [9.17, 15) is 0 Å². The molecule has 32 heavy (non-hydrogen) atoms. The molecule has 0 atom stereocenters. The van der Waals surface area contributed by atoms with E-state index < -0.39 is 0 Å². The second-order valence-electron chi connectivity index (χ2n) is 6.81. The van der Waals surface area contributed by atoms with Crippen LogP contribution in [0.1, 0.15) is 5.56 Å². The SMILES string of the molecule is N#CCc1ccc(Sc2nc(Nn3ncc4ccccc43)nc(-c3cccnc3)n2)cc1. The van der Waals surface area contributed by atoms with Crippen LogP contribution < -0.4 is 5.43 Å². The lowest BCUT2D eigenvalue weighted by molar-refractivity contribution is 0.793. The molecule has 0 amide bonds. The highest BCUT2D eigenvalue weighted by molar-refractivity contribution is 7.99. The number of pyridine rings is 1. The molecule has 3 heterocycles. The third-order valence-electron chi connectivity index (χ3n) is 4.63. The molecule has 1 N–H and O–H groups in total. The van der Waals surface area contributed by atoms with E-state index in [1.807, 2.05) is 60.7 Å². The lowest BCUT2D eigenvalue weighted by Crippen LogP contribution is -2.14. The number of nitrogens with zero attached hydrogens (tertiary/aromatic N) is 7. The minimum atomic E-state index is 0.372. The summed E-state index contributed by atoms with van der Waals surface area (Å²) in [5.74, 6) is 0.881. The Morgan fingerprint density at radius 3 is 2.62 bits per heavy atom. The van der Waals surface area contributed by atoms with Gasteiger partial charge in [0.25, 0.3) is 0 Å². The molecule has 3 aromatic heterocycles. The highest BCUT2D eigenvalue weighted by atomic mass is 32.2. The topological polar surface area (TPSA) is 105 Å². The fourth-order valence-corrected chi connectivity index (χ4v) is 3.85. The van der Waals surface area contributed by atoms with E-state index in [1.165, 1.54) is 11.8 Å². The molecule has 0 saturated heterocycles. The molecule has 9 heteroatoms. The van der Waals surface area contributed by atoms with Gasteiger partial charge in [0.15, 0.2) is 11.0 Å². The average molecular weight is 437 g/mol. The van der Waals surface area contributed by atoms with Crippen molar-refractivity contribution >= 4 is 28.6 Å². The Morgan fingerprint density at radius 2 is 1.81 bits per heavy atom. The Labute approximate surface area is 188 Å². The first-order chi connectivity index (χ1) is 15.8. The molecule has 0 saturated carbocycles. The van der Waals surface area contributed by atoms with Crippen LogP contribution in [0.3, 0.4) is 0 Å². The van der Waals surface area contributed by atoms with Crippen LogP contribution in [-0.2, 0) is 6.42 Å². The molecule has 0 aliphatic carbocycles. The predicted molar refractivity (Wildman–Crippen MR) is 122 cm³/mol. The third-order valence-corrected chi connectivity index (χ3v) is 5.51. The fraction of sp³-hybridized carbons (Fsp3) is 0.0435. The van der Waals surface area contributed by atoms with Gasteiger partial charge in [-0.25, -0.2) is 10.4 Å². The molecule has 0 unspecified atom stereocenters. The van der Waals surface area contributed by atoms with E-state index in [4.69, 9.17) is 5.26 Å². The Kier molecular flexibility index (Phi) is 5.43. The predicted octanol–water partition coefficient (Wildman–Crippen LogP) is 4.38. The van der Waals surface area contributed by atoms with Gasteiger partial charge in [-0.3, -0.25) is 4.98 Å². The number of benzene rings is 2. The molecule has 5 aromatic rings. The van der Waals surface area contributed by atoms with E-state index in [-0.39, 0.29) is 0 Å². The summed E-state index contributed by atoms with van der Waals surface area (Å²) >= 11 is 1.42. The van der Waals surface area contributed by atoms with Crippen molar-refractivity contribution < 1.29 is 0 Å². The minimum Gasteiger partial charge on any atom is -0.264 e. The smallest absolute Gasteiger partial charge is 0.248 e. The summed E-state index contributed by atoms with van der Waals surface area (Å²) in [6.07, 6.45) is 5.59. The van der Waals surface area contributed by atoms with Gasteiger partial charge >= 0.3 is 0 Å². The summed E-state index contributed by atoms with van der Waals surface area (Å²) < 4.78 is 0. The highest BCUT2D eigenvalue weighted by Crippen LogP contribution is 2.27. The number of fused-ring (bicyclic) bond motifs is 1. The number of aromatic nitrogens is 6. The maximum atomic E-state index is 8.86. The highest BCUT2D eigenvalue weighted by Gasteiger charge is 2.12. The van der Waals surface area contributed by atoms with Gasteiger partial charge in [-0.1, -0.05) is 30.3 Å². The summed E-state index contributed by atoms with van der Waals surface area (Å²) in [7, 11) is 0. The quantitative estimate of drug-likeness (QED) is 0.418. The summed E-state index contributed by atoms with van der Waals surface area (Å²) in [6.45, 7) is 0. The van der Waals surface area contributed by atoms with Crippen molar-refractivity contribution in [1.29, 1.82) is 5.26 Å². The van der Waals surface area contributed by atoms with Gasteiger partial charge in [-0.05, 0) is 47.7 Å². The molecule has 0 spiro atoms. The van der Waals surface area contributed by atoms with Crippen molar-refractivity contribution in [2.75, 3.05) is 5.43 Å². The van der Waals surface area contributed by atoms with Crippen LogP contribution in [0.2, 0.25) is 0 Å². The molecule has 5 rings (SSSR count). The first-order valence-electron chi connectivity index (χ1n) is 9.78. The van der Waals surface area contributed by atoms with Crippen molar-refractivity contribution in [3.63, 3.8) is 0 Å². The molecule has 154 valence electrons. The van der Waals surface area contributed by atoms with E-state index in [1.54, 1.807) is 23.4 Å². The normalized spacial score (nSPS) is 10.7. The number of rotatable bonds is 6. The lowest BCUT2D eigenvalue weighted by atomic mass is 10.2. The standard InChI is InChI=1S/C23H16N8S/c24-12-11-16-7-9-19(10-8-16)32-23-28-21(18-5-3-13-25-14-18)27-22(29-23)30-31-20-6-2-1-4-17(20)15-26-31/h1-10,13-15H,11H2,(H,27,28,29,30). The molecule has 0 aliphatic rings. The van der Waals surface area contributed by atoms with Gasteiger partial charge in [-0.15, -0.1) is 0 Å². The Bertz CT molecular complexity index is 1410. The Balaban J connectivity index is 1.50. The van der Waals surface area contributed by atoms with Gasteiger partial charge in [-0.2, -0.15) is 25.1 Å². The number of nitrogens with one attached hydrogen (secondary N) is 1. The van der Waals surface area contributed by atoms with E-state index in [0.717, 1.165) is 26.9 Å². The maximum Gasteiger partial charge on any atom is 0.248 e. The van der Waals surface area contributed by atoms with Gasteiger partial charge < -0.3 is 0 Å². The van der Waals surface area contributed by atoms with Crippen LogP contribution >= 0.6 is 11.8 Å². The number of hydrogen-bond donors (Lipinski definition) is 1. The zero-order valence-electron chi connectivity index (χ0n) is 16.8. The largest absolute Gasteiger partial charge is 0.264 e. The third kappa shape index (κ3) is 4.26. The minimum absolute atomic E-state index is 0.372. The molecular weight excluding hydrogens is 420 g/mol. The molecule has 0 radical (unpaired) electrons. The van der Waals surface area contributed by atoms with Crippen LogP contribution in [-0.4, -0.2) is 29.8 Å². The summed E-state index contributed by atoms with van der Waals surface area (Å²) in [5, 5.41) is 14.8. The number of anilines is 1.